The van der Waals surface area contributed by atoms with Crippen LogP contribution in [0.3, 0.4) is 0 Å². The third-order valence-electron chi connectivity index (χ3n) is 2.57. The first-order chi connectivity index (χ1) is 6.58. The molecule has 3 nitrogen and oxygen atoms in total. The van der Waals surface area contributed by atoms with E-state index in [1.165, 1.54) is 0 Å². The van der Waals surface area contributed by atoms with Gasteiger partial charge in [-0.3, -0.25) is 4.79 Å². The van der Waals surface area contributed by atoms with Crippen LogP contribution >= 0.6 is 0 Å². The first kappa shape index (κ1) is 9.21. The van der Waals surface area contributed by atoms with Crippen molar-refractivity contribution in [2.45, 2.75) is 26.4 Å². The minimum absolute atomic E-state index is 0.0511. The van der Waals surface area contributed by atoms with Crippen LogP contribution < -0.4 is 4.74 Å². The van der Waals surface area contributed by atoms with Crippen LogP contribution in [0.25, 0.3) is 0 Å². The van der Waals surface area contributed by atoms with E-state index in [4.69, 9.17) is 4.74 Å². The quantitative estimate of drug-likeness (QED) is 0.502. The maximum atomic E-state index is 11.1. The number of rotatable bonds is 0. The Morgan fingerprint density at radius 1 is 1.36 bits per heavy atom. The molecule has 0 bridgehead atoms. The minimum atomic E-state index is -0.717. The van der Waals surface area contributed by atoms with E-state index in [1.807, 2.05) is 19.9 Å². The maximum absolute atomic E-state index is 11.1. The third-order valence-corrected chi connectivity index (χ3v) is 2.57. The first-order valence-corrected chi connectivity index (χ1v) is 4.58. The van der Waals surface area contributed by atoms with Crippen LogP contribution in [-0.2, 0) is 4.79 Å². The molecule has 14 heavy (non-hydrogen) atoms. The predicted molar refractivity (Wildman–Crippen MR) is 51.1 cm³/mol. The molecule has 0 aromatic heterocycles. The van der Waals surface area contributed by atoms with Crippen LogP contribution in [0.1, 0.15) is 29.2 Å². The number of carbonyl (C=O) groups is 1. The van der Waals surface area contributed by atoms with Gasteiger partial charge in [-0.15, -0.1) is 0 Å². The number of hydrogen-bond donors (Lipinski definition) is 1. The van der Waals surface area contributed by atoms with E-state index >= 15 is 0 Å². The summed E-state index contributed by atoms with van der Waals surface area (Å²) in [5.74, 6) is 0.130. The normalized spacial score (nSPS) is 20.2. The zero-order valence-corrected chi connectivity index (χ0v) is 8.20. The highest BCUT2D eigenvalue weighted by Gasteiger charge is 2.25. The van der Waals surface area contributed by atoms with E-state index in [1.54, 1.807) is 6.07 Å². The SMILES string of the molecule is Cc1cc2c(cc1C)C(O)CC(=O)O2. The summed E-state index contributed by atoms with van der Waals surface area (Å²) in [4.78, 5) is 11.1. The smallest absolute Gasteiger partial charge is 0.314 e. The van der Waals surface area contributed by atoms with Gasteiger partial charge in [0.05, 0.1) is 12.5 Å². The topological polar surface area (TPSA) is 46.5 Å². The number of benzene rings is 1. The fourth-order valence-corrected chi connectivity index (χ4v) is 1.59. The average Bonchev–Trinajstić information content (AvgIpc) is 2.08. The Morgan fingerprint density at radius 2 is 2.00 bits per heavy atom. The molecule has 0 saturated carbocycles. The van der Waals surface area contributed by atoms with E-state index in [0.29, 0.717) is 11.3 Å². The molecule has 1 aliphatic heterocycles. The van der Waals surface area contributed by atoms with Crippen LogP contribution in [-0.4, -0.2) is 11.1 Å². The van der Waals surface area contributed by atoms with Crippen molar-refractivity contribution >= 4 is 5.97 Å². The highest BCUT2D eigenvalue weighted by molar-refractivity contribution is 5.76. The molecule has 0 saturated heterocycles. The van der Waals surface area contributed by atoms with Crippen molar-refractivity contribution in [3.8, 4) is 5.75 Å². The maximum Gasteiger partial charge on any atom is 0.314 e. The summed E-state index contributed by atoms with van der Waals surface area (Å²) in [7, 11) is 0. The second-order valence-corrected chi connectivity index (χ2v) is 3.67. The Balaban J connectivity index is 2.54. The molecule has 74 valence electrons. The summed E-state index contributed by atoms with van der Waals surface area (Å²) in [6.45, 7) is 3.92. The summed E-state index contributed by atoms with van der Waals surface area (Å²) in [6.07, 6.45) is -0.666. The van der Waals surface area contributed by atoms with Crippen molar-refractivity contribution in [3.05, 3.63) is 28.8 Å². The third kappa shape index (κ3) is 1.40. The van der Waals surface area contributed by atoms with E-state index in [9.17, 15) is 9.90 Å². The fraction of sp³-hybridized carbons (Fsp3) is 0.364. The van der Waals surface area contributed by atoms with Gasteiger partial charge in [-0.05, 0) is 37.1 Å². The average molecular weight is 192 g/mol. The lowest BCUT2D eigenvalue weighted by Crippen LogP contribution is -2.20. The van der Waals surface area contributed by atoms with Gasteiger partial charge in [-0.25, -0.2) is 0 Å². The molecule has 0 radical (unpaired) electrons. The van der Waals surface area contributed by atoms with Crippen molar-refractivity contribution in [1.82, 2.24) is 0 Å². The van der Waals surface area contributed by atoms with Gasteiger partial charge in [0.1, 0.15) is 5.75 Å². The summed E-state index contributed by atoms with van der Waals surface area (Å²) < 4.78 is 5.04. The standard InChI is InChI=1S/C11H12O3/c1-6-3-8-9(12)5-11(13)14-10(8)4-7(6)2/h3-4,9,12H,5H2,1-2H3. The van der Waals surface area contributed by atoms with Gasteiger partial charge in [-0.2, -0.15) is 0 Å². The molecule has 1 N–H and O–H groups in total. The zero-order valence-electron chi connectivity index (χ0n) is 8.20. The number of aryl methyl sites for hydroxylation is 2. The largest absolute Gasteiger partial charge is 0.426 e. The van der Waals surface area contributed by atoms with E-state index in [-0.39, 0.29) is 12.4 Å². The number of aliphatic hydroxyl groups excluding tert-OH is 1. The molecule has 2 rings (SSSR count). The molecule has 3 heteroatoms. The summed E-state index contributed by atoms with van der Waals surface area (Å²) >= 11 is 0. The predicted octanol–water partition coefficient (Wildman–Crippen LogP) is 1.65. The first-order valence-electron chi connectivity index (χ1n) is 4.58. The lowest BCUT2D eigenvalue weighted by molar-refractivity contribution is -0.138. The van der Waals surface area contributed by atoms with Gasteiger partial charge in [-0.1, -0.05) is 0 Å². The molecule has 0 spiro atoms. The second-order valence-electron chi connectivity index (χ2n) is 3.67. The Bertz CT molecular complexity index is 396. The molecule has 1 aromatic carbocycles. The zero-order chi connectivity index (χ0) is 10.3. The van der Waals surface area contributed by atoms with Crippen LogP contribution in [0.15, 0.2) is 12.1 Å². The van der Waals surface area contributed by atoms with E-state index in [0.717, 1.165) is 11.1 Å². The van der Waals surface area contributed by atoms with Crippen LogP contribution in [0, 0.1) is 13.8 Å². The Hall–Kier alpha value is -1.35. The number of hydrogen-bond acceptors (Lipinski definition) is 3. The van der Waals surface area contributed by atoms with Gasteiger partial charge < -0.3 is 9.84 Å². The Labute approximate surface area is 82.3 Å². The van der Waals surface area contributed by atoms with Crippen molar-refractivity contribution in [2.24, 2.45) is 0 Å². The molecule has 1 unspecified atom stereocenters. The van der Waals surface area contributed by atoms with Crippen LogP contribution in [0.4, 0.5) is 0 Å². The minimum Gasteiger partial charge on any atom is -0.426 e. The highest BCUT2D eigenvalue weighted by atomic mass is 16.5. The molecule has 0 aliphatic carbocycles. The molecule has 0 amide bonds. The van der Waals surface area contributed by atoms with Crippen molar-refractivity contribution < 1.29 is 14.6 Å². The summed E-state index contributed by atoms with van der Waals surface area (Å²) in [6, 6.07) is 3.67. The van der Waals surface area contributed by atoms with Gasteiger partial charge in [0.15, 0.2) is 0 Å². The second kappa shape index (κ2) is 3.10. The van der Waals surface area contributed by atoms with Crippen molar-refractivity contribution in [1.29, 1.82) is 0 Å². The molecular formula is C11H12O3. The highest BCUT2D eigenvalue weighted by Crippen LogP contribution is 2.34. The van der Waals surface area contributed by atoms with Crippen LogP contribution in [0.2, 0.25) is 0 Å². The summed E-state index contributed by atoms with van der Waals surface area (Å²) in [5.41, 5.74) is 2.87. The number of aliphatic hydroxyl groups is 1. The molecular weight excluding hydrogens is 180 g/mol. The van der Waals surface area contributed by atoms with Gasteiger partial charge in [0, 0.05) is 5.56 Å². The lowest BCUT2D eigenvalue weighted by atomic mass is 9.98. The number of esters is 1. The van der Waals surface area contributed by atoms with Crippen molar-refractivity contribution in [3.63, 3.8) is 0 Å². The Kier molecular flexibility index (Phi) is 2.04. The Morgan fingerprint density at radius 3 is 2.71 bits per heavy atom. The lowest BCUT2D eigenvalue weighted by Gasteiger charge is -2.21. The van der Waals surface area contributed by atoms with Gasteiger partial charge >= 0.3 is 5.97 Å². The molecule has 1 heterocycles. The van der Waals surface area contributed by atoms with E-state index in [2.05, 4.69) is 0 Å². The number of ether oxygens (including phenoxy) is 1. The fourth-order valence-electron chi connectivity index (χ4n) is 1.59. The molecule has 1 atom stereocenters. The van der Waals surface area contributed by atoms with Crippen molar-refractivity contribution in [2.75, 3.05) is 0 Å². The molecule has 1 aliphatic rings. The van der Waals surface area contributed by atoms with Gasteiger partial charge in [0.2, 0.25) is 0 Å². The molecule has 1 aromatic rings. The number of carbonyl (C=O) groups excluding carboxylic acids is 1. The summed E-state index contributed by atoms with van der Waals surface area (Å²) in [5, 5.41) is 9.65. The molecule has 0 fully saturated rings. The number of fused-ring (bicyclic) bond motifs is 1. The monoisotopic (exact) mass is 192 g/mol. The van der Waals surface area contributed by atoms with E-state index < -0.39 is 6.10 Å². The van der Waals surface area contributed by atoms with Crippen LogP contribution in [0.5, 0.6) is 5.75 Å². The van der Waals surface area contributed by atoms with Gasteiger partial charge in [0.25, 0.3) is 0 Å².